The Bertz CT molecular complexity index is 264. The van der Waals surface area contributed by atoms with Crippen molar-refractivity contribution in [2.75, 3.05) is 0 Å². The molecule has 0 unspecified atom stereocenters. The highest BCUT2D eigenvalue weighted by molar-refractivity contribution is 5.21. The van der Waals surface area contributed by atoms with E-state index in [9.17, 15) is 0 Å². The van der Waals surface area contributed by atoms with Gasteiger partial charge in [0.2, 0.25) is 0 Å². The summed E-state index contributed by atoms with van der Waals surface area (Å²) in [7, 11) is 0. The Morgan fingerprint density at radius 1 is 1.42 bits per heavy atom. The highest BCUT2D eigenvalue weighted by atomic mass is 14.6. The van der Waals surface area contributed by atoms with Gasteiger partial charge in [-0.3, -0.25) is 4.98 Å². The fourth-order valence-corrected chi connectivity index (χ4v) is 1.69. The van der Waals surface area contributed by atoms with Crippen LogP contribution in [0.4, 0.5) is 0 Å². The van der Waals surface area contributed by atoms with E-state index in [-0.39, 0.29) is 0 Å². The summed E-state index contributed by atoms with van der Waals surface area (Å²) in [5, 5.41) is 0. The van der Waals surface area contributed by atoms with Crippen molar-refractivity contribution in [3.63, 3.8) is 0 Å². The van der Waals surface area contributed by atoms with Gasteiger partial charge in [0.1, 0.15) is 0 Å². The first-order valence-electron chi connectivity index (χ1n) is 4.53. The van der Waals surface area contributed by atoms with Gasteiger partial charge in [0.15, 0.2) is 0 Å². The van der Waals surface area contributed by atoms with Gasteiger partial charge < -0.3 is 0 Å². The van der Waals surface area contributed by atoms with Crippen molar-refractivity contribution in [2.45, 2.75) is 25.2 Å². The smallest absolute Gasteiger partial charge is 0.0305 e. The first-order valence-corrected chi connectivity index (χ1v) is 4.53. The lowest BCUT2D eigenvalue weighted by atomic mass is 9.90. The van der Waals surface area contributed by atoms with E-state index in [0.29, 0.717) is 5.92 Å². The van der Waals surface area contributed by atoms with Crippen molar-refractivity contribution in [1.82, 2.24) is 4.98 Å². The topological polar surface area (TPSA) is 12.9 Å². The first-order chi connectivity index (χ1) is 5.97. The SMILES string of the molecule is C1=C[C@H](c2cccnc2)CCC1. The molecule has 12 heavy (non-hydrogen) atoms. The second-order valence-corrected chi connectivity index (χ2v) is 3.25. The lowest BCUT2D eigenvalue weighted by Crippen LogP contribution is -1.99. The van der Waals surface area contributed by atoms with Crippen LogP contribution in [0.1, 0.15) is 30.7 Å². The van der Waals surface area contributed by atoms with Gasteiger partial charge in [-0.1, -0.05) is 18.2 Å². The number of aromatic nitrogens is 1. The van der Waals surface area contributed by atoms with Crippen LogP contribution < -0.4 is 0 Å². The van der Waals surface area contributed by atoms with E-state index >= 15 is 0 Å². The maximum atomic E-state index is 4.13. The summed E-state index contributed by atoms with van der Waals surface area (Å²) in [6, 6.07) is 4.17. The van der Waals surface area contributed by atoms with Crippen LogP contribution in [0.25, 0.3) is 0 Å². The summed E-state index contributed by atoms with van der Waals surface area (Å²) in [5.41, 5.74) is 1.36. The zero-order chi connectivity index (χ0) is 8.23. The molecule has 0 saturated carbocycles. The third-order valence-corrected chi connectivity index (χ3v) is 2.37. The van der Waals surface area contributed by atoms with Gasteiger partial charge in [0.25, 0.3) is 0 Å². The molecule has 0 N–H and O–H groups in total. The minimum absolute atomic E-state index is 0.618. The third kappa shape index (κ3) is 1.55. The second kappa shape index (κ2) is 3.53. The highest BCUT2D eigenvalue weighted by Crippen LogP contribution is 2.26. The Morgan fingerprint density at radius 3 is 3.08 bits per heavy atom. The standard InChI is InChI=1S/C11H13N/c1-2-5-10(6-3-1)11-7-4-8-12-9-11/h2,4-5,7-10H,1,3,6H2/t10-/m0/s1. The molecule has 0 aliphatic heterocycles. The number of rotatable bonds is 1. The fourth-order valence-electron chi connectivity index (χ4n) is 1.69. The maximum Gasteiger partial charge on any atom is 0.0305 e. The zero-order valence-electron chi connectivity index (χ0n) is 7.11. The summed E-state index contributed by atoms with van der Waals surface area (Å²) < 4.78 is 0. The van der Waals surface area contributed by atoms with Gasteiger partial charge >= 0.3 is 0 Å². The predicted octanol–water partition coefficient (Wildman–Crippen LogP) is 2.91. The van der Waals surface area contributed by atoms with Crippen LogP contribution in [0.2, 0.25) is 0 Å². The highest BCUT2D eigenvalue weighted by Gasteiger charge is 2.09. The first kappa shape index (κ1) is 7.53. The molecule has 62 valence electrons. The molecule has 0 fully saturated rings. The molecule has 0 saturated heterocycles. The molecular weight excluding hydrogens is 146 g/mol. The van der Waals surface area contributed by atoms with Crippen molar-refractivity contribution in [1.29, 1.82) is 0 Å². The van der Waals surface area contributed by atoms with Crippen molar-refractivity contribution >= 4 is 0 Å². The Kier molecular flexibility index (Phi) is 2.21. The fraction of sp³-hybridized carbons (Fsp3) is 0.364. The molecule has 0 radical (unpaired) electrons. The zero-order valence-corrected chi connectivity index (χ0v) is 7.11. The summed E-state index contributed by atoms with van der Waals surface area (Å²) in [6.45, 7) is 0. The van der Waals surface area contributed by atoms with E-state index in [0.717, 1.165) is 0 Å². The minimum atomic E-state index is 0.618. The molecular formula is C11H13N. The monoisotopic (exact) mass is 159 g/mol. The molecule has 1 atom stereocenters. The van der Waals surface area contributed by atoms with Crippen LogP contribution in [-0.4, -0.2) is 4.98 Å². The average Bonchev–Trinajstić information content (AvgIpc) is 2.21. The lowest BCUT2D eigenvalue weighted by Gasteiger charge is -2.15. The van der Waals surface area contributed by atoms with E-state index < -0.39 is 0 Å². The van der Waals surface area contributed by atoms with Crippen molar-refractivity contribution in [3.05, 3.63) is 42.2 Å². The van der Waals surface area contributed by atoms with Crippen molar-refractivity contribution in [3.8, 4) is 0 Å². The van der Waals surface area contributed by atoms with E-state index in [1.165, 1.54) is 24.8 Å². The summed E-state index contributed by atoms with van der Waals surface area (Å²) in [6.07, 6.45) is 12.2. The minimum Gasteiger partial charge on any atom is -0.264 e. The van der Waals surface area contributed by atoms with E-state index in [1.54, 1.807) is 0 Å². The van der Waals surface area contributed by atoms with Gasteiger partial charge in [0.05, 0.1) is 0 Å². The van der Waals surface area contributed by atoms with E-state index in [2.05, 4.69) is 23.2 Å². The maximum absolute atomic E-state index is 4.13. The van der Waals surface area contributed by atoms with Gasteiger partial charge in [-0.25, -0.2) is 0 Å². The van der Waals surface area contributed by atoms with Crippen LogP contribution in [0.3, 0.4) is 0 Å². The van der Waals surface area contributed by atoms with Crippen LogP contribution in [0, 0.1) is 0 Å². The van der Waals surface area contributed by atoms with Crippen LogP contribution in [0.5, 0.6) is 0 Å². The molecule has 1 nitrogen and oxygen atoms in total. The van der Waals surface area contributed by atoms with Gasteiger partial charge in [0, 0.05) is 18.3 Å². The molecule has 1 heteroatoms. The van der Waals surface area contributed by atoms with Gasteiger partial charge in [-0.15, -0.1) is 0 Å². The molecule has 2 rings (SSSR count). The molecule has 1 heterocycles. The Hall–Kier alpha value is -1.11. The molecule has 0 amide bonds. The van der Waals surface area contributed by atoms with Gasteiger partial charge in [-0.05, 0) is 30.9 Å². The lowest BCUT2D eigenvalue weighted by molar-refractivity contribution is 0.652. The largest absolute Gasteiger partial charge is 0.264 e. The van der Waals surface area contributed by atoms with E-state index in [4.69, 9.17) is 0 Å². The Labute approximate surface area is 73.1 Å². The molecule has 1 aliphatic rings. The Morgan fingerprint density at radius 2 is 2.42 bits per heavy atom. The number of hydrogen-bond acceptors (Lipinski definition) is 1. The molecule has 1 aromatic rings. The molecule has 1 aliphatic carbocycles. The van der Waals surface area contributed by atoms with Crippen molar-refractivity contribution < 1.29 is 0 Å². The number of nitrogens with zero attached hydrogens (tertiary/aromatic N) is 1. The predicted molar refractivity (Wildman–Crippen MR) is 50.0 cm³/mol. The third-order valence-electron chi connectivity index (χ3n) is 2.37. The summed E-state index contributed by atoms with van der Waals surface area (Å²) >= 11 is 0. The molecule has 0 spiro atoms. The number of allylic oxidation sites excluding steroid dienone is 2. The molecule has 0 bridgehead atoms. The van der Waals surface area contributed by atoms with Crippen LogP contribution in [-0.2, 0) is 0 Å². The summed E-state index contributed by atoms with van der Waals surface area (Å²) in [5.74, 6) is 0.618. The van der Waals surface area contributed by atoms with Gasteiger partial charge in [-0.2, -0.15) is 0 Å². The van der Waals surface area contributed by atoms with Crippen LogP contribution in [0.15, 0.2) is 36.7 Å². The average molecular weight is 159 g/mol. The number of pyridine rings is 1. The molecule has 1 aromatic heterocycles. The van der Waals surface area contributed by atoms with Crippen LogP contribution >= 0.6 is 0 Å². The number of hydrogen-bond donors (Lipinski definition) is 0. The normalized spacial score (nSPS) is 22.5. The molecule has 0 aromatic carbocycles. The Balaban J connectivity index is 2.19. The summed E-state index contributed by atoms with van der Waals surface area (Å²) in [4.78, 5) is 4.13. The second-order valence-electron chi connectivity index (χ2n) is 3.25. The van der Waals surface area contributed by atoms with Crippen molar-refractivity contribution in [2.24, 2.45) is 0 Å². The quantitative estimate of drug-likeness (QED) is 0.574. The van der Waals surface area contributed by atoms with E-state index in [1.807, 2.05) is 18.5 Å².